The molecule has 0 fully saturated rings. The summed E-state index contributed by atoms with van der Waals surface area (Å²) in [6.45, 7) is 2.42. The highest BCUT2D eigenvalue weighted by Crippen LogP contribution is 2.27. The maximum Gasteiger partial charge on any atom is 0.153 e. The summed E-state index contributed by atoms with van der Waals surface area (Å²) < 4.78 is 18.9. The van der Waals surface area contributed by atoms with Crippen LogP contribution < -0.4 is 10.1 Å². The average molecular weight is 407 g/mol. The van der Waals surface area contributed by atoms with Gasteiger partial charge in [0.1, 0.15) is 23.2 Å². The number of nitrogens with zero attached hydrogens (tertiary/aromatic N) is 3. The van der Waals surface area contributed by atoms with E-state index in [4.69, 9.17) is 9.84 Å². The monoisotopic (exact) mass is 407 g/mol. The van der Waals surface area contributed by atoms with Gasteiger partial charge in [0, 0.05) is 42.7 Å². The lowest BCUT2D eigenvalue weighted by Crippen LogP contribution is -2.04. The summed E-state index contributed by atoms with van der Waals surface area (Å²) in [6, 6.07) is 13.8. The maximum absolute atomic E-state index is 13.2. The van der Waals surface area contributed by atoms with Gasteiger partial charge in [-0.3, -0.25) is 5.10 Å². The SMILES string of the molecule is Cc1cc(Nc2nc(Cc3ccc(F)cc3)nc3cc(OCCCO)ccc23)n[nH]1. The second-order valence-corrected chi connectivity index (χ2v) is 6.96. The minimum Gasteiger partial charge on any atom is -0.493 e. The zero-order chi connectivity index (χ0) is 20.9. The van der Waals surface area contributed by atoms with Crippen LogP contribution in [0.5, 0.6) is 5.75 Å². The molecule has 4 aromatic rings. The van der Waals surface area contributed by atoms with Crippen LogP contribution in [0.4, 0.5) is 16.0 Å². The van der Waals surface area contributed by atoms with Gasteiger partial charge in [-0.15, -0.1) is 0 Å². The van der Waals surface area contributed by atoms with Crippen LogP contribution in [0, 0.1) is 12.7 Å². The Labute approximate surface area is 173 Å². The normalized spacial score (nSPS) is 11.0. The van der Waals surface area contributed by atoms with Crippen LogP contribution in [0.15, 0.2) is 48.5 Å². The number of rotatable bonds is 8. The molecule has 0 unspecified atom stereocenters. The first kappa shape index (κ1) is 19.8. The maximum atomic E-state index is 13.2. The van der Waals surface area contributed by atoms with Crippen molar-refractivity contribution in [1.82, 2.24) is 20.2 Å². The van der Waals surface area contributed by atoms with Crippen molar-refractivity contribution in [2.75, 3.05) is 18.5 Å². The molecular weight excluding hydrogens is 385 g/mol. The lowest BCUT2D eigenvalue weighted by molar-refractivity contribution is 0.233. The van der Waals surface area contributed by atoms with Gasteiger partial charge in [-0.2, -0.15) is 5.10 Å². The Morgan fingerprint density at radius 2 is 1.93 bits per heavy atom. The van der Waals surface area contributed by atoms with E-state index in [2.05, 4.69) is 25.5 Å². The van der Waals surface area contributed by atoms with Gasteiger partial charge in [0.15, 0.2) is 5.82 Å². The van der Waals surface area contributed by atoms with Crippen LogP contribution in [0.25, 0.3) is 10.9 Å². The average Bonchev–Trinajstić information content (AvgIpc) is 3.14. The summed E-state index contributed by atoms with van der Waals surface area (Å²) >= 11 is 0. The predicted octanol–water partition coefficient (Wildman–Crippen LogP) is 3.90. The van der Waals surface area contributed by atoms with Gasteiger partial charge in [0.05, 0.1) is 12.1 Å². The number of aryl methyl sites for hydroxylation is 1. The largest absolute Gasteiger partial charge is 0.493 e. The molecule has 0 saturated heterocycles. The van der Waals surface area contributed by atoms with Crippen molar-refractivity contribution in [3.05, 3.63) is 71.4 Å². The second kappa shape index (κ2) is 8.87. The molecule has 2 aromatic heterocycles. The Hall–Kier alpha value is -3.52. The molecule has 0 radical (unpaired) electrons. The number of anilines is 2. The fourth-order valence-corrected chi connectivity index (χ4v) is 3.06. The number of H-pyrrole nitrogens is 1. The summed E-state index contributed by atoms with van der Waals surface area (Å²) in [6.07, 6.45) is 1.02. The molecule has 0 aliphatic heterocycles. The molecule has 0 bridgehead atoms. The van der Waals surface area contributed by atoms with Crippen LogP contribution in [0.1, 0.15) is 23.5 Å². The lowest BCUT2D eigenvalue weighted by atomic mass is 10.1. The molecule has 0 atom stereocenters. The van der Waals surface area contributed by atoms with Crippen LogP contribution in [0.3, 0.4) is 0 Å². The highest BCUT2D eigenvalue weighted by molar-refractivity contribution is 5.91. The van der Waals surface area contributed by atoms with E-state index in [-0.39, 0.29) is 12.4 Å². The smallest absolute Gasteiger partial charge is 0.153 e. The Balaban J connectivity index is 1.70. The Kier molecular flexibility index (Phi) is 5.85. The molecule has 8 heteroatoms. The molecule has 3 N–H and O–H groups in total. The second-order valence-electron chi connectivity index (χ2n) is 6.96. The van der Waals surface area contributed by atoms with Gasteiger partial charge in [0.25, 0.3) is 0 Å². The van der Waals surface area contributed by atoms with E-state index in [1.54, 1.807) is 12.1 Å². The first-order chi connectivity index (χ1) is 14.6. The van der Waals surface area contributed by atoms with E-state index in [9.17, 15) is 4.39 Å². The first-order valence-electron chi connectivity index (χ1n) is 9.68. The van der Waals surface area contributed by atoms with E-state index >= 15 is 0 Å². The third-order valence-corrected chi connectivity index (χ3v) is 4.51. The zero-order valence-electron chi connectivity index (χ0n) is 16.5. The summed E-state index contributed by atoms with van der Waals surface area (Å²) in [5.41, 5.74) is 2.56. The molecule has 0 spiro atoms. The highest BCUT2D eigenvalue weighted by atomic mass is 19.1. The van der Waals surface area contributed by atoms with E-state index < -0.39 is 0 Å². The quantitative estimate of drug-likeness (QED) is 0.384. The van der Waals surface area contributed by atoms with Crippen molar-refractivity contribution in [3.8, 4) is 5.75 Å². The summed E-state index contributed by atoms with van der Waals surface area (Å²) in [7, 11) is 0. The van der Waals surface area contributed by atoms with E-state index in [1.807, 2.05) is 31.2 Å². The van der Waals surface area contributed by atoms with E-state index in [0.29, 0.717) is 42.7 Å². The molecule has 4 rings (SSSR count). The third-order valence-electron chi connectivity index (χ3n) is 4.51. The third kappa shape index (κ3) is 4.72. The van der Waals surface area contributed by atoms with Crippen molar-refractivity contribution in [1.29, 1.82) is 0 Å². The van der Waals surface area contributed by atoms with Crippen LogP contribution >= 0.6 is 0 Å². The number of fused-ring (bicyclic) bond motifs is 1. The van der Waals surface area contributed by atoms with Gasteiger partial charge >= 0.3 is 0 Å². The minimum atomic E-state index is -0.279. The number of nitrogens with one attached hydrogen (secondary N) is 2. The predicted molar refractivity (Wildman–Crippen MR) is 113 cm³/mol. The number of aromatic amines is 1. The highest BCUT2D eigenvalue weighted by Gasteiger charge is 2.12. The van der Waals surface area contributed by atoms with Crippen molar-refractivity contribution in [3.63, 3.8) is 0 Å². The van der Waals surface area contributed by atoms with Gasteiger partial charge in [-0.1, -0.05) is 12.1 Å². The van der Waals surface area contributed by atoms with Crippen LogP contribution in [-0.4, -0.2) is 38.5 Å². The molecule has 7 nitrogen and oxygen atoms in total. The number of aromatic nitrogens is 4. The van der Waals surface area contributed by atoms with Gasteiger partial charge < -0.3 is 15.2 Å². The Bertz CT molecular complexity index is 1140. The number of aliphatic hydroxyl groups is 1. The topological polar surface area (TPSA) is 96.0 Å². The van der Waals surface area contributed by atoms with E-state index in [1.165, 1.54) is 12.1 Å². The number of halogens is 1. The fourth-order valence-electron chi connectivity index (χ4n) is 3.06. The first-order valence-corrected chi connectivity index (χ1v) is 9.68. The fraction of sp³-hybridized carbons (Fsp3) is 0.227. The summed E-state index contributed by atoms with van der Waals surface area (Å²) in [4.78, 5) is 9.37. The molecule has 0 amide bonds. The molecule has 0 aliphatic carbocycles. The van der Waals surface area contributed by atoms with Crippen LogP contribution in [0.2, 0.25) is 0 Å². The number of benzene rings is 2. The van der Waals surface area contributed by atoms with Crippen molar-refractivity contribution >= 4 is 22.5 Å². The molecule has 2 heterocycles. The van der Waals surface area contributed by atoms with Gasteiger partial charge in [0.2, 0.25) is 0 Å². The number of hydrogen-bond donors (Lipinski definition) is 3. The standard InChI is InChI=1S/C22H22FN5O2/c1-14-11-21(28-27-14)26-22-18-8-7-17(30-10-2-9-29)13-19(18)24-20(25-22)12-15-3-5-16(23)6-4-15/h3-8,11,13,29H,2,9-10,12H2,1H3,(H2,24,25,26,27,28). The summed E-state index contributed by atoms with van der Waals surface area (Å²) in [5, 5.41) is 20.1. The molecule has 2 aromatic carbocycles. The molecule has 0 aliphatic rings. The Morgan fingerprint density at radius 3 is 2.67 bits per heavy atom. The molecular formula is C22H22FN5O2. The van der Waals surface area contributed by atoms with Gasteiger partial charge in [-0.05, 0) is 36.8 Å². The Morgan fingerprint density at radius 1 is 1.10 bits per heavy atom. The number of ether oxygens (including phenoxy) is 1. The van der Waals surface area contributed by atoms with Gasteiger partial charge in [-0.25, -0.2) is 14.4 Å². The van der Waals surface area contributed by atoms with Crippen molar-refractivity contribution in [2.24, 2.45) is 0 Å². The number of hydrogen-bond acceptors (Lipinski definition) is 6. The van der Waals surface area contributed by atoms with E-state index in [0.717, 1.165) is 22.2 Å². The lowest BCUT2D eigenvalue weighted by Gasteiger charge is -2.11. The molecule has 30 heavy (non-hydrogen) atoms. The zero-order valence-corrected chi connectivity index (χ0v) is 16.5. The van der Waals surface area contributed by atoms with Crippen LogP contribution in [-0.2, 0) is 6.42 Å². The number of aliphatic hydroxyl groups excluding tert-OH is 1. The summed E-state index contributed by atoms with van der Waals surface area (Å²) in [5.74, 6) is 2.27. The van der Waals surface area contributed by atoms with Crippen molar-refractivity contribution < 1.29 is 14.2 Å². The molecule has 0 saturated carbocycles. The van der Waals surface area contributed by atoms with Crippen molar-refractivity contribution in [2.45, 2.75) is 19.8 Å². The molecule has 154 valence electrons. The minimum absolute atomic E-state index is 0.0781.